The highest BCUT2D eigenvalue weighted by Gasteiger charge is 2.20. The highest BCUT2D eigenvalue weighted by molar-refractivity contribution is 5.85. The van der Waals surface area contributed by atoms with Crippen molar-refractivity contribution in [1.82, 2.24) is 0 Å². The molecule has 0 heterocycles. The number of aliphatic hydroxyl groups excluding tert-OH is 1. The molecule has 4 nitrogen and oxygen atoms in total. The van der Waals surface area contributed by atoms with Crippen molar-refractivity contribution in [3.8, 4) is 0 Å². The van der Waals surface area contributed by atoms with Crippen LogP contribution in [0.25, 0.3) is 0 Å². The molecule has 0 aliphatic heterocycles. The number of aliphatic carboxylic acids is 1. The summed E-state index contributed by atoms with van der Waals surface area (Å²) in [6.45, 7) is 1.88. The molecule has 68 valence electrons. The van der Waals surface area contributed by atoms with E-state index in [0.29, 0.717) is 6.42 Å². The monoisotopic (exact) mass is 183 g/mol. The molecular weight excluding hydrogens is 170 g/mol. The molecule has 0 unspecified atom stereocenters. The lowest BCUT2D eigenvalue weighted by atomic mass is 10.1. The normalized spacial score (nSPS) is 14.8. The number of carbonyl (C=O) groups is 1. The molecule has 0 fully saturated rings. The molecule has 0 saturated carbocycles. The number of carboxylic acid groups (broad SMARTS) is 1. The number of hydrogen-bond acceptors (Lipinski definition) is 3. The molecule has 4 N–H and O–H groups in total. The van der Waals surface area contributed by atoms with Crippen LogP contribution in [0, 0.1) is 0 Å². The van der Waals surface area contributed by atoms with Gasteiger partial charge in [-0.15, -0.1) is 12.4 Å². The van der Waals surface area contributed by atoms with Gasteiger partial charge in [-0.3, -0.25) is 0 Å². The molecule has 0 saturated heterocycles. The fourth-order valence-electron chi connectivity index (χ4n) is 0.674. The molecule has 0 aliphatic carbocycles. The Hall–Kier alpha value is -0.320. The average molecular weight is 184 g/mol. The van der Waals surface area contributed by atoms with Crippen LogP contribution in [0.2, 0.25) is 0 Å². The molecule has 0 rings (SSSR count). The van der Waals surface area contributed by atoms with E-state index < -0.39 is 18.1 Å². The Kier molecular flexibility index (Phi) is 7.72. The second kappa shape index (κ2) is 6.39. The van der Waals surface area contributed by atoms with E-state index in [1.165, 1.54) is 0 Å². The van der Waals surface area contributed by atoms with E-state index in [-0.39, 0.29) is 12.4 Å². The zero-order chi connectivity index (χ0) is 8.15. The number of carboxylic acids is 1. The van der Waals surface area contributed by atoms with Crippen LogP contribution in [0.15, 0.2) is 0 Å². The molecule has 0 radical (unpaired) electrons. The average Bonchev–Trinajstić information content (AvgIpc) is 1.87. The van der Waals surface area contributed by atoms with Crippen LogP contribution in [0.1, 0.15) is 19.8 Å². The Morgan fingerprint density at radius 1 is 1.64 bits per heavy atom. The summed E-state index contributed by atoms with van der Waals surface area (Å²) in [5, 5.41) is 17.1. The van der Waals surface area contributed by atoms with Crippen molar-refractivity contribution in [2.75, 3.05) is 0 Å². The smallest absolute Gasteiger partial charge is 0.334 e. The Bertz CT molecular complexity index is 120. The van der Waals surface area contributed by atoms with Crippen LogP contribution in [0.4, 0.5) is 0 Å². The van der Waals surface area contributed by atoms with Crippen LogP contribution in [-0.4, -0.2) is 28.3 Å². The van der Waals surface area contributed by atoms with Gasteiger partial charge in [0.2, 0.25) is 0 Å². The van der Waals surface area contributed by atoms with Gasteiger partial charge in [-0.25, -0.2) is 4.79 Å². The minimum absolute atomic E-state index is 0. The van der Waals surface area contributed by atoms with Crippen LogP contribution in [0.3, 0.4) is 0 Å². The molecule has 0 bridgehead atoms. The van der Waals surface area contributed by atoms with Gasteiger partial charge in [0, 0.05) is 6.04 Å². The Morgan fingerprint density at radius 2 is 2.09 bits per heavy atom. The molecule has 0 aromatic heterocycles. The predicted molar refractivity (Wildman–Crippen MR) is 43.8 cm³/mol. The molecule has 11 heavy (non-hydrogen) atoms. The van der Waals surface area contributed by atoms with Gasteiger partial charge in [-0.2, -0.15) is 0 Å². The van der Waals surface area contributed by atoms with E-state index in [0.717, 1.165) is 6.42 Å². The largest absolute Gasteiger partial charge is 0.479 e. The lowest BCUT2D eigenvalue weighted by molar-refractivity contribution is -0.147. The summed E-state index contributed by atoms with van der Waals surface area (Å²) < 4.78 is 0. The second-order valence-electron chi connectivity index (χ2n) is 2.24. The molecule has 0 spiro atoms. The SMILES string of the molecule is CCC[C@H](N)[C@H](O)C(=O)O.Cl. The first-order valence-corrected chi connectivity index (χ1v) is 3.26. The van der Waals surface area contributed by atoms with E-state index in [1.54, 1.807) is 0 Å². The first kappa shape index (κ1) is 13.3. The lowest BCUT2D eigenvalue weighted by Gasteiger charge is -2.12. The zero-order valence-electron chi connectivity index (χ0n) is 6.36. The van der Waals surface area contributed by atoms with E-state index in [1.807, 2.05) is 6.92 Å². The Morgan fingerprint density at radius 3 is 2.36 bits per heavy atom. The van der Waals surface area contributed by atoms with Crippen LogP contribution >= 0.6 is 12.4 Å². The highest BCUT2D eigenvalue weighted by atomic mass is 35.5. The van der Waals surface area contributed by atoms with Crippen LogP contribution in [-0.2, 0) is 4.79 Å². The predicted octanol–water partition coefficient (Wildman–Crippen LogP) is -0.0189. The van der Waals surface area contributed by atoms with Crippen molar-refractivity contribution < 1.29 is 15.0 Å². The van der Waals surface area contributed by atoms with E-state index in [4.69, 9.17) is 15.9 Å². The molecule has 0 amide bonds. The van der Waals surface area contributed by atoms with E-state index in [9.17, 15) is 4.79 Å². The number of aliphatic hydroxyl groups is 1. The van der Waals surface area contributed by atoms with Gasteiger partial charge >= 0.3 is 5.97 Å². The Labute approximate surface area is 71.8 Å². The van der Waals surface area contributed by atoms with Crippen molar-refractivity contribution in [2.24, 2.45) is 5.73 Å². The molecule has 0 aliphatic rings. The first-order valence-electron chi connectivity index (χ1n) is 3.26. The van der Waals surface area contributed by atoms with E-state index >= 15 is 0 Å². The maximum atomic E-state index is 10.1. The quantitative estimate of drug-likeness (QED) is 0.572. The molecule has 0 aromatic rings. The third-order valence-electron chi connectivity index (χ3n) is 1.28. The Balaban J connectivity index is 0. The van der Waals surface area contributed by atoms with Gasteiger partial charge in [-0.1, -0.05) is 13.3 Å². The number of nitrogens with two attached hydrogens (primary N) is 1. The summed E-state index contributed by atoms with van der Waals surface area (Å²) in [7, 11) is 0. The second-order valence-corrected chi connectivity index (χ2v) is 2.24. The summed E-state index contributed by atoms with van der Waals surface area (Å²) in [5.74, 6) is -1.25. The maximum Gasteiger partial charge on any atom is 0.334 e. The zero-order valence-corrected chi connectivity index (χ0v) is 7.17. The first-order chi connectivity index (χ1) is 4.59. The molecule has 2 atom stereocenters. The summed E-state index contributed by atoms with van der Waals surface area (Å²) in [4.78, 5) is 10.1. The van der Waals surface area contributed by atoms with Gasteiger partial charge < -0.3 is 15.9 Å². The summed E-state index contributed by atoms with van der Waals surface area (Å²) in [5.41, 5.74) is 5.30. The maximum absolute atomic E-state index is 10.1. The third kappa shape index (κ3) is 5.01. The van der Waals surface area contributed by atoms with Crippen molar-refractivity contribution in [1.29, 1.82) is 0 Å². The number of rotatable bonds is 4. The fraction of sp³-hybridized carbons (Fsp3) is 0.833. The fourth-order valence-corrected chi connectivity index (χ4v) is 0.674. The van der Waals surface area contributed by atoms with E-state index in [2.05, 4.69) is 0 Å². The summed E-state index contributed by atoms with van der Waals surface area (Å²) in [6, 6.07) is -0.637. The van der Waals surface area contributed by atoms with Gasteiger partial charge in [0.1, 0.15) is 0 Å². The molecular formula is C6H14ClNO3. The summed E-state index contributed by atoms with van der Waals surface area (Å²) in [6.07, 6.45) is -0.0983. The standard InChI is InChI=1S/C6H13NO3.ClH/c1-2-3-4(7)5(8)6(9)10;/h4-5,8H,2-3,7H2,1H3,(H,9,10);1H/t4-,5-;/m0./s1. The van der Waals surface area contributed by atoms with Gasteiger partial charge in [-0.05, 0) is 6.42 Å². The third-order valence-corrected chi connectivity index (χ3v) is 1.28. The minimum atomic E-state index is -1.42. The van der Waals surface area contributed by atoms with Crippen molar-refractivity contribution in [3.63, 3.8) is 0 Å². The lowest BCUT2D eigenvalue weighted by Crippen LogP contribution is -2.40. The van der Waals surface area contributed by atoms with Gasteiger partial charge in [0.25, 0.3) is 0 Å². The van der Waals surface area contributed by atoms with Crippen LogP contribution in [0.5, 0.6) is 0 Å². The van der Waals surface area contributed by atoms with Crippen molar-refractivity contribution in [3.05, 3.63) is 0 Å². The van der Waals surface area contributed by atoms with Crippen molar-refractivity contribution in [2.45, 2.75) is 31.9 Å². The number of hydrogen-bond donors (Lipinski definition) is 3. The highest BCUT2D eigenvalue weighted by Crippen LogP contribution is 1.98. The molecule has 0 aromatic carbocycles. The van der Waals surface area contributed by atoms with Crippen LogP contribution < -0.4 is 5.73 Å². The summed E-state index contributed by atoms with van der Waals surface area (Å²) >= 11 is 0. The minimum Gasteiger partial charge on any atom is -0.479 e. The number of halogens is 1. The van der Waals surface area contributed by atoms with Gasteiger partial charge in [0.05, 0.1) is 0 Å². The molecule has 5 heteroatoms. The van der Waals surface area contributed by atoms with Crippen molar-refractivity contribution >= 4 is 18.4 Å². The van der Waals surface area contributed by atoms with Gasteiger partial charge in [0.15, 0.2) is 6.10 Å². The topological polar surface area (TPSA) is 83.5 Å².